The molecule has 3 heterocycles. The van der Waals surface area contributed by atoms with Crippen LogP contribution in [0.15, 0.2) is 0 Å². The highest BCUT2D eigenvalue weighted by molar-refractivity contribution is 4.92. The minimum absolute atomic E-state index is 0.577. The van der Waals surface area contributed by atoms with Gasteiger partial charge in [-0.15, -0.1) is 0 Å². The summed E-state index contributed by atoms with van der Waals surface area (Å²) in [7, 11) is 0. The molecular weight excluding hydrogens is 234 g/mol. The van der Waals surface area contributed by atoms with Crippen molar-refractivity contribution in [3.05, 3.63) is 0 Å². The summed E-state index contributed by atoms with van der Waals surface area (Å²) in [5.74, 6) is 0. The van der Waals surface area contributed by atoms with Gasteiger partial charge in [-0.2, -0.15) is 0 Å². The SMILES string of the molecule is CCCC1(CN2CCN3CCCC3C2)CCCNC1. The lowest BCUT2D eigenvalue weighted by Crippen LogP contribution is -2.55. The maximum Gasteiger partial charge on any atom is 0.0224 e. The molecule has 3 rings (SSSR count). The predicted octanol–water partition coefficient (Wildman–Crippen LogP) is 1.94. The molecule has 2 unspecified atom stereocenters. The summed E-state index contributed by atoms with van der Waals surface area (Å²) in [6, 6.07) is 0.879. The molecule has 0 amide bonds. The van der Waals surface area contributed by atoms with Gasteiger partial charge >= 0.3 is 0 Å². The number of rotatable bonds is 4. The summed E-state index contributed by atoms with van der Waals surface area (Å²) in [6.07, 6.45) is 8.44. The highest BCUT2D eigenvalue weighted by Crippen LogP contribution is 2.34. The Morgan fingerprint density at radius 3 is 2.95 bits per heavy atom. The van der Waals surface area contributed by atoms with Crippen molar-refractivity contribution in [1.29, 1.82) is 0 Å². The maximum atomic E-state index is 3.66. The van der Waals surface area contributed by atoms with Gasteiger partial charge < -0.3 is 5.32 Å². The van der Waals surface area contributed by atoms with Gasteiger partial charge in [0.25, 0.3) is 0 Å². The van der Waals surface area contributed by atoms with Crippen molar-refractivity contribution in [3.8, 4) is 0 Å². The minimum atomic E-state index is 0.577. The van der Waals surface area contributed by atoms with Crippen molar-refractivity contribution in [2.75, 3.05) is 45.8 Å². The first-order valence-corrected chi connectivity index (χ1v) is 8.48. The lowest BCUT2D eigenvalue weighted by Gasteiger charge is -2.45. The third-order valence-electron chi connectivity index (χ3n) is 5.57. The van der Waals surface area contributed by atoms with Gasteiger partial charge in [0.1, 0.15) is 0 Å². The van der Waals surface area contributed by atoms with Gasteiger partial charge in [-0.25, -0.2) is 0 Å². The van der Waals surface area contributed by atoms with Crippen molar-refractivity contribution in [3.63, 3.8) is 0 Å². The standard InChI is InChI=1S/C16H31N3/c1-2-6-16(7-4-8-17-13-16)14-18-10-11-19-9-3-5-15(19)12-18/h15,17H,2-14H2,1H3. The van der Waals surface area contributed by atoms with E-state index < -0.39 is 0 Å². The molecule has 3 heteroatoms. The Morgan fingerprint density at radius 1 is 1.21 bits per heavy atom. The Labute approximate surface area is 118 Å². The van der Waals surface area contributed by atoms with E-state index in [4.69, 9.17) is 0 Å². The minimum Gasteiger partial charge on any atom is -0.316 e. The van der Waals surface area contributed by atoms with E-state index in [9.17, 15) is 0 Å². The summed E-state index contributed by atoms with van der Waals surface area (Å²) in [5.41, 5.74) is 0.577. The molecule has 0 aliphatic carbocycles. The average Bonchev–Trinajstić information content (AvgIpc) is 2.87. The fourth-order valence-electron chi connectivity index (χ4n) is 4.66. The maximum absolute atomic E-state index is 3.66. The molecule has 3 fully saturated rings. The zero-order valence-electron chi connectivity index (χ0n) is 12.7. The van der Waals surface area contributed by atoms with Crippen LogP contribution in [0.1, 0.15) is 45.4 Å². The molecule has 0 saturated carbocycles. The second-order valence-electron chi connectivity index (χ2n) is 7.10. The van der Waals surface area contributed by atoms with E-state index in [0.717, 1.165) is 6.04 Å². The lowest BCUT2D eigenvalue weighted by molar-refractivity contribution is 0.0482. The first-order chi connectivity index (χ1) is 9.31. The van der Waals surface area contributed by atoms with Crippen LogP contribution in [0.25, 0.3) is 0 Å². The summed E-state index contributed by atoms with van der Waals surface area (Å²) in [5, 5.41) is 3.66. The topological polar surface area (TPSA) is 18.5 Å². The lowest BCUT2D eigenvalue weighted by atomic mass is 9.76. The average molecular weight is 265 g/mol. The Bertz CT molecular complexity index is 280. The van der Waals surface area contributed by atoms with Gasteiger partial charge in [0.15, 0.2) is 0 Å². The number of nitrogens with zero attached hydrogens (tertiary/aromatic N) is 2. The van der Waals surface area contributed by atoms with Crippen LogP contribution in [0.4, 0.5) is 0 Å². The van der Waals surface area contributed by atoms with E-state index in [-0.39, 0.29) is 0 Å². The van der Waals surface area contributed by atoms with Gasteiger partial charge in [0.05, 0.1) is 0 Å². The third kappa shape index (κ3) is 3.14. The molecule has 3 saturated heterocycles. The molecule has 3 aliphatic heterocycles. The number of fused-ring (bicyclic) bond motifs is 1. The number of hydrogen-bond acceptors (Lipinski definition) is 3. The fourth-order valence-corrected chi connectivity index (χ4v) is 4.66. The second kappa shape index (κ2) is 6.11. The first kappa shape index (κ1) is 13.8. The first-order valence-electron chi connectivity index (χ1n) is 8.48. The molecule has 2 atom stereocenters. The predicted molar refractivity (Wildman–Crippen MR) is 80.5 cm³/mol. The molecule has 0 radical (unpaired) electrons. The number of piperazine rings is 1. The Kier molecular flexibility index (Phi) is 4.45. The summed E-state index contributed by atoms with van der Waals surface area (Å²) >= 11 is 0. The van der Waals surface area contributed by atoms with Gasteiger partial charge in [-0.1, -0.05) is 13.3 Å². The van der Waals surface area contributed by atoms with Gasteiger partial charge in [-0.3, -0.25) is 9.80 Å². The van der Waals surface area contributed by atoms with E-state index >= 15 is 0 Å². The van der Waals surface area contributed by atoms with Crippen molar-refractivity contribution in [1.82, 2.24) is 15.1 Å². The van der Waals surface area contributed by atoms with Crippen LogP contribution in [-0.2, 0) is 0 Å². The molecule has 0 aromatic rings. The van der Waals surface area contributed by atoms with Crippen LogP contribution in [0, 0.1) is 5.41 Å². The molecule has 3 nitrogen and oxygen atoms in total. The molecule has 0 bridgehead atoms. The van der Waals surface area contributed by atoms with Gasteiger partial charge in [0.2, 0.25) is 0 Å². The Hall–Kier alpha value is -0.120. The van der Waals surface area contributed by atoms with Crippen LogP contribution in [0.5, 0.6) is 0 Å². The van der Waals surface area contributed by atoms with E-state index in [1.807, 2.05) is 0 Å². The normalized spacial score (nSPS) is 37.4. The molecule has 1 N–H and O–H groups in total. The molecule has 3 aliphatic rings. The summed E-state index contributed by atoms with van der Waals surface area (Å²) in [6.45, 7) is 11.5. The monoisotopic (exact) mass is 265 g/mol. The quantitative estimate of drug-likeness (QED) is 0.838. The number of nitrogens with one attached hydrogen (secondary N) is 1. The van der Waals surface area contributed by atoms with Crippen molar-refractivity contribution in [2.24, 2.45) is 5.41 Å². The Balaban J connectivity index is 1.58. The third-order valence-corrected chi connectivity index (χ3v) is 5.57. The van der Waals surface area contributed by atoms with Gasteiger partial charge in [0, 0.05) is 38.8 Å². The summed E-state index contributed by atoms with van der Waals surface area (Å²) in [4.78, 5) is 5.51. The van der Waals surface area contributed by atoms with Crippen molar-refractivity contribution in [2.45, 2.75) is 51.5 Å². The van der Waals surface area contributed by atoms with E-state index in [2.05, 4.69) is 22.0 Å². The molecular formula is C16H31N3. The van der Waals surface area contributed by atoms with E-state index in [1.54, 1.807) is 0 Å². The van der Waals surface area contributed by atoms with Gasteiger partial charge in [-0.05, 0) is 50.6 Å². The number of hydrogen-bond donors (Lipinski definition) is 1. The van der Waals surface area contributed by atoms with Crippen LogP contribution in [0.3, 0.4) is 0 Å². The highest BCUT2D eigenvalue weighted by Gasteiger charge is 2.36. The molecule has 0 aromatic heterocycles. The Morgan fingerprint density at radius 2 is 2.16 bits per heavy atom. The molecule has 19 heavy (non-hydrogen) atoms. The fraction of sp³-hybridized carbons (Fsp3) is 1.00. The van der Waals surface area contributed by atoms with E-state index in [1.165, 1.54) is 84.3 Å². The highest BCUT2D eigenvalue weighted by atomic mass is 15.3. The van der Waals surface area contributed by atoms with E-state index in [0.29, 0.717) is 5.41 Å². The smallest absolute Gasteiger partial charge is 0.0224 e. The van der Waals surface area contributed by atoms with Crippen LogP contribution in [-0.4, -0.2) is 61.7 Å². The number of piperidine rings is 1. The summed E-state index contributed by atoms with van der Waals surface area (Å²) < 4.78 is 0. The zero-order valence-corrected chi connectivity index (χ0v) is 12.7. The molecule has 110 valence electrons. The largest absolute Gasteiger partial charge is 0.316 e. The van der Waals surface area contributed by atoms with Crippen molar-refractivity contribution < 1.29 is 0 Å². The molecule has 0 spiro atoms. The van der Waals surface area contributed by atoms with Crippen LogP contribution >= 0.6 is 0 Å². The zero-order chi connectivity index (χ0) is 13.1. The molecule has 0 aromatic carbocycles. The van der Waals surface area contributed by atoms with Crippen LogP contribution < -0.4 is 5.32 Å². The van der Waals surface area contributed by atoms with Crippen molar-refractivity contribution >= 4 is 0 Å². The second-order valence-corrected chi connectivity index (χ2v) is 7.10. The van der Waals surface area contributed by atoms with Crippen LogP contribution in [0.2, 0.25) is 0 Å².